The minimum atomic E-state index is 0.128. The molecule has 0 saturated carbocycles. The van der Waals surface area contributed by atoms with Crippen molar-refractivity contribution in [3.63, 3.8) is 0 Å². The Labute approximate surface area is 103 Å². The molecule has 1 aromatic rings. The third-order valence-electron chi connectivity index (χ3n) is 2.99. The molecule has 1 rings (SSSR count). The number of aromatic nitrogens is 3. The van der Waals surface area contributed by atoms with Gasteiger partial charge in [-0.15, -0.1) is 11.6 Å². The predicted octanol–water partition coefficient (Wildman–Crippen LogP) is 3.13. The molecule has 16 heavy (non-hydrogen) atoms. The van der Waals surface area contributed by atoms with E-state index in [-0.39, 0.29) is 5.41 Å². The van der Waals surface area contributed by atoms with Crippen LogP contribution in [0, 0.1) is 11.3 Å². The summed E-state index contributed by atoms with van der Waals surface area (Å²) in [5, 5.41) is 4.27. The lowest BCUT2D eigenvalue weighted by molar-refractivity contribution is 0.333. The van der Waals surface area contributed by atoms with Gasteiger partial charge in [0, 0.05) is 18.8 Å². The average Bonchev–Trinajstić information content (AvgIpc) is 2.64. The monoisotopic (exact) mass is 243 g/mol. The van der Waals surface area contributed by atoms with Gasteiger partial charge >= 0.3 is 0 Å². The quantitative estimate of drug-likeness (QED) is 0.719. The molecule has 1 aromatic heterocycles. The van der Waals surface area contributed by atoms with Crippen LogP contribution >= 0.6 is 11.6 Å². The zero-order chi connectivity index (χ0) is 12.2. The van der Waals surface area contributed by atoms with Crippen molar-refractivity contribution in [3.05, 3.63) is 12.2 Å². The number of hydrogen-bond donors (Lipinski definition) is 0. The summed E-state index contributed by atoms with van der Waals surface area (Å²) >= 11 is 6.03. The smallest absolute Gasteiger partial charge is 0.138 e. The zero-order valence-electron chi connectivity index (χ0n) is 10.7. The van der Waals surface area contributed by atoms with Crippen molar-refractivity contribution in [3.8, 4) is 0 Å². The molecule has 0 aliphatic rings. The van der Waals surface area contributed by atoms with Gasteiger partial charge in [0.25, 0.3) is 0 Å². The van der Waals surface area contributed by atoms with E-state index in [1.54, 1.807) is 6.33 Å². The molecule has 0 fully saturated rings. The van der Waals surface area contributed by atoms with E-state index < -0.39 is 0 Å². The van der Waals surface area contributed by atoms with Crippen molar-refractivity contribution >= 4 is 11.6 Å². The Bertz CT molecular complexity index is 316. The Balaban J connectivity index is 2.76. The van der Waals surface area contributed by atoms with Gasteiger partial charge < -0.3 is 0 Å². The molecular formula is C12H22ClN3. The maximum Gasteiger partial charge on any atom is 0.138 e. The van der Waals surface area contributed by atoms with Crippen LogP contribution in [0.15, 0.2) is 6.33 Å². The topological polar surface area (TPSA) is 30.7 Å². The second-order valence-electron chi connectivity index (χ2n) is 5.23. The number of halogens is 1. The first-order valence-corrected chi connectivity index (χ1v) is 6.47. The van der Waals surface area contributed by atoms with E-state index >= 15 is 0 Å². The second kappa shape index (κ2) is 5.67. The molecule has 0 aliphatic heterocycles. The first-order chi connectivity index (χ1) is 7.50. The number of hydrogen-bond acceptors (Lipinski definition) is 2. The van der Waals surface area contributed by atoms with Crippen LogP contribution in [0.4, 0.5) is 0 Å². The zero-order valence-corrected chi connectivity index (χ0v) is 11.5. The summed E-state index contributed by atoms with van der Waals surface area (Å²) in [6.07, 6.45) is 3.60. The normalized spacial score (nSPS) is 15.4. The maximum atomic E-state index is 6.03. The van der Waals surface area contributed by atoms with E-state index in [0.29, 0.717) is 11.8 Å². The highest BCUT2D eigenvalue weighted by molar-refractivity contribution is 6.18. The summed E-state index contributed by atoms with van der Waals surface area (Å²) in [6, 6.07) is 0. The fourth-order valence-electron chi connectivity index (χ4n) is 1.57. The molecule has 3 nitrogen and oxygen atoms in total. The van der Waals surface area contributed by atoms with E-state index in [2.05, 4.69) is 37.8 Å². The number of rotatable bonds is 6. The van der Waals surface area contributed by atoms with Crippen LogP contribution in [-0.4, -0.2) is 20.6 Å². The molecule has 92 valence electrons. The van der Waals surface area contributed by atoms with E-state index in [9.17, 15) is 0 Å². The van der Waals surface area contributed by atoms with Crippen LogP contribution in [0.5, 0.6) is 0 Å². The summed E-state index contributed by atoms with van der Waals surface area (Å²) in [4.78, 5) is 4.34. The largest absolute Gasteiger partial charge is 0.250 e. The molecule has 1 atom stereocenters. The van der Waals surface area contributed by atoms with Crippen molar-refractivity contribution in [2.75, 3.05) is 5.88 Å². The highest BCUT2D eigenvalue weighted by Gasteiger charge is 2.24. The maximum absolute atomic E-state index is 6.03. The van der Waals surface area contributed by atoms with Crippen molar-refractivity contribution < 1.29 is 0 Å². The molecule has 0 aliphatic carbocycles. The third kappa shape index (κ3) is 3.48. The molecule has 1 heterocycles. The van der Waals surface area contributed by atoms with E-state index in [4.69, 9.17) is 11.6 Å². The molecule has 1 unspecified atom stereocenters. The van der Waals surface area contributed by atoms with Crippen LogP contribution in [0.2, 0.25) is 0 Å². The molecule has 4 heteroatoms. The lowest BCUT2D eigenvalue weighted by Gasteiger charge is -2.25. The molecular weight excluding hydrogens is 222 g/mol. The molecule has 0 spiro atoms. The third-order valence-corrected chi connectivity index (χ3v) is 3.64. The Morgan fingerprint density at radius 2 is 2.19 bits per heavy atom. The van der Waals surface area contributed by atoms with Crippen molar-refractivity contribution in [1.82, 2.24) is 14.8 Å². The Morgan fingerprint density at radius 3 is 2.69 bits per heavy atom. The van der Waals surface area contributed by atoms with E-state index in [1.165, 1.54) is 0 Å². The lowest BCUT2D eigenvalue weighted by Crippen LogP contribution is -2.24. The van der Waals surface area contributed by atoms with Crippen molar-refractivity contribution in [1.29, 1.82) is 0 Å². The van der Waals surface area contributed by atoms with Gasteiger partial charge in [-0.3, -0.25) is 0 Å². The minimum Gasteiger partial charge on any atom is -0.250 e. The molecule has 0 aromatic carbocycles. The Kier molecular flexibility index (Phi) is 4.78. The van der Waals surface area contributed by atoms with Crippen LogP contribution in [0.3, 0.4) is 0 Å². The summed E-state index contributed by atoms with van der Waals surface area (Å²) in [7, 11) is 0. The van der Waals surface area contributed by atoms with Gasteiger partial charge in [-0.25, -0.2) is 9.67 Å². The molecule has 0 amide bonds. The predicted molar refractivity (Wildman–Crippen MR) is 67.7 cm³/mol. The van der Waals surface area contributed by atoms with Gasteiger partial charge in [0.2, 0.25) is 0 Å². The van der Waals surface area contributed by atoms with Crippen LogP contribution in [0.1, 0.15) is 39.9 Å². The standard InChI is InChI=1S/C12H22ClN3/c1-5-12(4,8-13)6-11-14-9-15-16(11)7-10(2)3/h9-10H,5-8H2,1-4H3. The minimum absolute atomic E-state index is 0.128. The Hall–Kier alpha value is -0.570. The highest BCUT2D eigenvalue weighted by Crippen LogP contribution is 2.27. The highest BCUT2D eigenvalue weighted by atomic mass is 35.5. The fraction of sp³-hybridized carbons (Fsp3) is 0.833. The van der Waals surface area contributed by atoms with Crippen molar-refractivity contribution in [2.24, 2.45) is 11.3 Å². The first-order valence-electron chi connectivity index (χ1n) is 5.93. The van der Waals surface area contributed by atoms with Crippen LogP contribution in [-0.2, 0) is 13.0 Å². The molecule has 0 radical (unpaired) electrons. The van der Waals surface area contributed by atoms with Gasteiger partial charge in [-0.1, -0.05) is 27.7 Å². The Morgan fingerprint density at radius 1 is 1.50 bits per heavy atom. The van der Waals surface area contributed by atoms with Crippen molar-refractivity contribution in [2.45, 2.75) is 47.1 Å². The van der Waals surface area contributed by atoms with Crippen LogP contribution in [0.25, 0.3) is 0 Å². The molecule has 0 bridgehead atoms. The summed E-state index contributed by atoms with van der Waals surface area (Å²) < 4.78 is 2.01. The number of alkyl halides is 1. The molecule has 0 saturated heterocycles. The average molecular weight is 244 g/mol. The van der Waals surface area contributed by atoms with Gasteiger partial charge in [-0.05, 0) is 17.8 Å². The first kappa shape index (κ1) is 13.5. The van der Waals surface area contributed by atoms with Gasteiger partial charge in [0.05, 0.1) is 0 Å². The van der Waals surface area contributed by atoms with Gasteiger partial charge in [0.15, 0.2) is 0 Å². The van der Waals surface area contributed by atoms with Crippen LogP contribution < -0.4 is 0 Å². The SMILES string of the molecule is CCC(C)(CCl)Cc1ncnn1CC(C)C. The molecule has 0 N–H and O–H groups in total. The van der Waals surface area contributed by atoms with Gasteiger partial charge in [0.1, 0.15) is 12.2 Å². The summed E-state index contributed by atoms with van der Waals surface area (Å²) in [5.41, 5.74) is 0.128. The van der Waals surface area contributed by atoms with E-state index in [1.807, 2.05) is 4.68 Å². The summed E-state index contributed by atoms with van der Waals surface area (Å²) in [5.74, 6) is 2.31. The second-order valence-corrected chi connectivity index (χ2v) is 5.49. The summed E-state index contributed by atoms with van der Waals surface area (Å²) in [6.45, 7) is 9.68. The fourth-order valence-corrected chi connectivity index (χ4v) is 1.86. The van der Waals surface area contributed by atoms with Gasteiger partial charge in [-0.2, -0.15) is 5.10 Å². The van der Waals surface area contributed by atoms with E-state index in [0.717, 1.165) is 25.2 Å². The lowest BCUT2D eigenvalue weighted by atomic mass is 9.86. The number of nitrogens with zero attached hydrogens (tertiary/aromatic N) is 3.